The fraction of sp³-hybridized carbons (Fsp3) is 0.421. The minimum atomic E-state index is -0.0728. The highest BCUT2D eigenvalue weighted by molar-refractivity contribution is 7.10. The van der Waals surface area contributed by atoms with Crippen LogP contribution in [0.4, 0.5) is 0 Å². The summed E-state index contributed by atoms with van der Waals surface area (Å²) in [5.41, 5.74) is 1.18. The van der Waals surface area contributed by atoms with Gasteiger partial charge < -0.3 is 10.1 Å². The predicted molar refractivity (Wildman–Crippen MR) is 97.6 cm³/mol. The van der Waals surface area contributed by atoms with Gasteiger partial charge in [0.25, 0.3) is 5.91 Å². The van der Waals surface area contributed by atoms with E-state index in [1.54, 1.807) is 11.3 Å². The Morgan fingerprint density at radius 2 is 2.00 bits per heavy atom. The first-order chi connectivity index (χ1) is 11.7. The topological polar surface area (TPSA) is 41.6 Å². The number of nitrogens with zero attached hydrogens (tertiary/aromatic N) is 1. The first-order valence-electron chi connectivity index (χ1n) is 8.46. The van der Waals surface area contributed by atoms with E-state index < -0.39 is 0 Å². The molecule has 5 heteroatoms. The molecule has 1 aliphatic heterocycles. The fourth-order valence-electron chi connectivity index (χ4n) is 2.99. The highest BCUT2D eigenvalue weighted by Gasteiger charge is 2.24. The van der Waals surface area contributed by atoms with Gasteiger partial charge in [0, 0.05) is 11.4 Å². The molecule has 0 radical (unpaired) electrons. The van der Waals surface area contributed by atoms with Gasteiger partial charge in [-0.3, -0.25) is 9.69 Å². The second-order valence-electron chi connectivity index (χ2n) is 6.18. The van der Waals surface area contributed by atoms with Crippen LogP contribution in [0.2, 0.25) is 0 Å². The van der Waals surface area contributed by atoms with Crippen molar-refractivity contribution in [3.05, 3.63) is 52.2 Å². The summed E-state index contributed by atoms with van der Waals surface area (Å²) in [6.07, 6.45) is 2.48. The van der Waals surface area contributed by atoms with Gasteiger partial charge in [-0.15, -0.1) is 11.3 Å². The minimum absolute atomic E-state index is 0.0558. The number of nitrogens with one attached hydrogen (secondary N) is 1. The number of ether oxygens (including phenoxy) is 1. The van der Waals surface area contributed by atoms with Crippen LogP contribution in [0.1, 0.15) is 29.3 Å². The van der Waals surface area contributed by atoms with Gasteiger partial charge in [-0.05, 0) is 56.4 Å². The van der Waals surface area contributed by atoms with Gasteiger partial charge in [0.1, 0.15) is 5.75 Å². The maximum Gasteiger partial charge on any atom is 0.258 e. The SMILES string of the molecule is Cc1ccc(OCC(=O)NC[C@H](c2cccs2)N2CCCC2)cc1. The molecule has 1 saturated heterocycles. The van der Waals surface area contributed by atoms with Crippen LogP contribution >= 0.6 is 11.3 Å². The van der Waals surface area contributed by atoms with Gasteiger partial charge in [-0.2, -0.15) is 0 Å². The Kier molecular flexibility index (Phi) is 5.88. The largest absolute Gasteiger partial charge is 0.484 e. The molecule has 1 aromatic heterocycles. The number of benzene rings is 1. The predicted octanol–water partition coefficient (Wildman–Crippen LogP) is 3.39. The van der Waals surface area contributed by atoms with Crippen LogP contribution in [0.5, 0.6) is 5.75 Å². The molecule has 0 saturated carbocycles. The molecule has 3 rings (SSSR count). The number of hydrogen-bond donors (Lipinski definition) is 1. The van der Waals surface area contributed by atoms with E-state index in [1.165, 1.54) is 23.3 Å². The summed E-state index contributed by atoms with van der Waals surface area (Å²) in [7, 11) is 0. The Morgan fingerprint density at radius 1 is 1.25 bits per heavy atom. The fourth-order valence-corrected chi connectivity index (χ4v) is 3.85. The normalized spacial score (nSPS) is 16.0. The van der Waals surface area contributed by atoms with Crippen LogP contribution in [-0.4, -0.2) is 37.0 Å². The summed E-state index contributed by atoms with van der Waals surface area (Å²) in [5, 5.41) is 5.13. The molecule has 128 valence electrons. The molecular formula is C19H24N2O2S. The summed E-state index contributed by atoms with van der Waals surface area (Å²) in [6, 6.07) is 12.2. The van der Waals surface area contributed by atoms with Crippen LogP contribution in [0, 0.1) is 6.92 Å². The van der Waals surface area contributed by atoms with Crippen molar-refractivity contribution in [2.45, 2.75) is 25.8 Å². The molecule has 24 heavy (non-hydrogen) atoms. The van der Waals surface area contributed by atoms with Gasteiger partial charge >= 0.3 is 0 Å². The molecule has 1 fully saturated rings. The number of likely N-dealkylation sites (tertiary alicyclic amines) is 1. The molecule has 1 atom stereocenters. The Balaban J connectivity index is 1.50. The zero-order valence-corrected chi connectivity index (χ0v) is 14.8. The second kappa shape index (κ2) is 8.31. The van der Waals surface area contributed by atoms with Gasteiger partial charge in [0.2, 0.25) is 0 Å². The van der Waals surface area contributed by atoms with Crippen LogP contribution in [-0.2, 0) is 4.79 Å². The van der Waals surface area contributed by atoms with Crippen molar-refractivity contribution >= 4 is 17.2 Å². The third-order valence-electron chi connectivity index (χ3n) is 4.34. The quantitative estimate of drug-likeness (QED) is 0.837. The van der Waals surface area contributed by atoms with Crippen molar-refractivity contribution in [1.29, 1.82) is 0 Å². The lowest BCUT2D eigenvalue weighted by atomic mass is 10.2. The van der Waals surface area contributed by atoms with Gasteiger partial charge in [0.15, 0.2) is 6.61 Å². The van der Waals surface area contributed by atoms with Crippen LogP contribution in [0.25, 0.3) is 0 Å². The van der Waals surface area contributed by atoms with Gasteiger partial charge in [0.05, 0.1) is 6.04 Å². The Labute approximate surface area is 147 Å². The summed E-state index contributed by atoms with van der Waals surface area (Å²) < 4.78 is 5.55. The molecule has 1 N–H and O–H groups in total. The van der Waals surface area contributed by atoms with Crippen molar-refractivity contribution in [3.63, 3.8) is 0 Å². The average molecular weight is 344 g/mol. The third kappa shape index (κ3) is 4.58. The van der Waals surface area contributed by atoms with Crippen LogP contribution in [0.15, 0.2) is 41.8 Å². The van der Waals surface area contributed by atoms with Crippen molar-refractivity contribution < 1.29 is 9.53 Å². The Morgan fingerprint density at radius 3 is 2.67 bits per heavy atom. The molecule has 1 amide bonds. The van der Waals surface area contributed by atoms with E-state index in [2.05, 4.69) is 27.7 Å². The van der Waals surface area contributed by atoms with E-state index in [0.717, 1.165) is 18.8 Å². The summed E-state index contributed by atoms with van der Waals surface area (Å²) in [4.78, 5) is 15.9. The van der Waals surface area contributed by atoms with Crippen molar-refractivity contribution in [3.8, 4) is 5.75 Å². The molecule has 0 unspecified atom stereocenters. The van der Waals surface area contributed by atoms with E-state index in [-0.39, 0.29) is 18.6 Å². The first-order valence-corrected chi connectivity index (χ1v) is 9.34. The Bertz CT molecular complexity index is 634. The molecule has 1 aromatic carbocycles. The van der Waals surface area contributed by atoms with E-state index in [4.69, 9.17) is 4.74 Å². The maximum atomic E-state index is 12.1. The second-order valence-corrected chi connectivity index (χ2v) is 7.16. The highest BCUT2D eigenvalue weighted by Crippen LogP contribution is 2.27. The van der Waals surface area contributed by atoms with Crippen molar-refractivity contribution in [1.82, 2.24) is 10.2 Å². The number of carbonyl (C=O) groups is 1. The summed E-state index contributed by atoms with van der Waals surface area (Å²) in [5.74, 6) is 0.654. The molecule has 2 aromatic rings. The van der Waals surface area contributed by atoms with E-state index in [0.29, 0.717) is 6.54 Å². The molecule has 0 aliphatic carbocycles. The van der Waals surface area contributed by atoms with Crippen LogP contribution in [0.3, 0.4) is 0 Å². The zero-order chi connectivity index (χ0) is 16.8. The average Bonchev–Trinajstić information content (AvgIpc) is 3.29. The third-order valence-corrected chi connectivity index (χ3v) is 5.31. The maximum absolute atomic E-state index is 12.1. The van der Waals surface area contributed by atoms with E-state index in [9.17, 15) is 4.79 Å². The first kappa shape index (κ1) is 17.0. The molecule has 0 spiro atoms. The standard InChI is InChI=1S/C19H24N2O2S/c1-15-6-8-16(9-7-15)23-14-19(22)20-13-17(18-5-4-12-24-18)21-10-2-3-11-21/h4-9,12,17H,2-3,10-11,13-14H2,1H3,(H,20,22)/t17-/m1/s1. The number of carbonyl (C=O) groups excluding carboxylic acids is 1. The van der Waals surface area contributed by atoms with Gasteiger partial charge in [-0.1, -0.05) is 23.8 Å². The highest BCUT2D eigenvalue weighted by atomic mass is 32.1. The lowest BCUT2D eigenvalue weighted by molar-refractivity contribution is -0.123. The van der Waals surface area contributed by atoms with E-state index in [1.807, 2.05) is 31.2 Å². The summed E-state index contributed by atoms with van der Waals surface area (Å²) >= 11 is 1.76. The summed E-state index contributed by atoms with van der Waals surface area (Å²) in [6.45, 7) is 4.94. The molecule has 0 bridgehead atoms. The monoisotopic (exact) mass is 344 g/mol. The molecule has 1 aliphatic rings. The van der Waals surface area contributed by atoms with Crippen molar-refractivity contribution in [2.24, 2.45) is 0 Å². The Hall–Kier alpha value is -1.85. The van der Waals surface area contributed by atoms with E-state index >= 15 is 0 Å². The molecular weight excluding hydrogens is 320 g/mol. The zero-order valence-electron chi connectivity index (χ0n) is 14.0. The van der Waals surface area contributed by atoms with Gasteiger partial charge in [-0.25, -0.2) is 0 Å². The number of rotatable bonds is 7. The lowest BCUT2D eigenvalue weighted by Crippen LogP contribution is -2.38. The molecule has 4 nitrogen and oxygen atoms in total. The number of aryl methyl sites for hydroxylation is 1. The number of thiophene rings is 1. The smallest absolute Gasteiger partial charge is 0.258 e. The van der Waals surface area contributed by atoms with Crippen LogP contribution < -0.4 is 10.1 Å². The lowest BCUT2D eigenvalue weighted by Gasteiger charge is -2.26. The minimum Gasteiger partial charge on any atom is -0.484 e. The number of amides is 1. The molecule has 2 heterocycles. The van der Waals surface area contributed by atoms with Crippen molar-refractivity contribution in [2.75, 3.05) is 26.2 Å². The number of hydrogen-bond acceptors (Lipinski definition) is 4.